The van der Waals surface area contributed by atoms with Crippen LogP contribution in [0.3, 0.4) is 0 Å². The van der Waals surface area contributed by atoms with Crippen LogP contribution in [-0.4, -0.2) is 52.0 Å². The van der Waals surface area contributed by atoms with Crippen LogP contribution in [0.1, 0.15) is 71.1 Å². The summed E-state index contributed by atoms with van der Waals surface area (Å²) >= 11 is 0. The van der Waals surface area contributed by atoms with Gasteiger partial charge in [0.05, 0.1) is 0 Å². The third-order valence-electron chi connectivity index (χ3n) is 5.89. The van der Waals surface area contributed by atoms with Crippen molar-refractivity contribution in [2.24, 2.45) is 0 Å². The van der Waals surface area contributed by atoms with Gasteiger partial charge < -0.3 is 9.80 Å². The van der Waals surface area contributed by atoms with Gasteiger partial charge in [-0.3, -0.25) is 0 Å². The first kappa shape index (κ1) is 19.0. The minimum absolute atomic E-state index is 0.0247. The van der Waals surface area contributed by atoms with Crippen molar-refractivity contribution in [3.05, 3.63) is 12.3 Å². The SMILES string of the molecule is C=C(C(C)[SiH2]CCN1CCCCCCC1)N1CCCCCCC1. The number of rotatable bonds is 6. The molecule has 134 valence electrons. The van der Waals surface area contributed by atoms with Crippen LogP contribution in [0.15, 0.2) is 12.3 Å². The van der Waals surface area contributed by atoms with E-state index in [-0.39, 0.29) is 9.52 Å². The average Bonchev–Trinajstić information content (AvgIpc) is 2.48. The average molecular weight is 337 g/mol. The van der Waals surface area contributed by atoms with Crippen LogP contribution in [0.2, 0.25) is 11.6 Å². The summed E-state index contributed by atoms with van der Waals surface area (Å²) in [5, 5.41) is 0. The van der Waals surface area contributed by atoms with E-state index in [0.717, 1.165) is 5.54 Å². The highest BCUT2D eigenvalue weighted by Crippen LogP contribution is 2.23. The van der Waals surface area contributed by atoms with Gasteiger partial charge in [0.15, 0.2) is 0 Å². The molecule has 0 amide bonds. The Kier molecular flexibility index (Phi) is 9.36. The largest absolute Gasteiger partial charge is 0.375 e. The molecule has 1 unspecified atom stereocenters. The molecule has 23 heavy (non-hydrogen) atoms. The summed E-state index contributed by atoms with van der Waals surface area (Å²) in [5.41, 5.74) is 2.27. The topological polar surface area (TPSA) is 6.48 Å². The van der Waals surface area contributed by atoms with Gasteiger partial charge in [-0.2, -0.15) is 0 Å². The maximum absolute atomic E-state index is 4.49. The first-order chi connectivity index (χ1) is 11.3. The van der Waals surface area contributed by atoms with Crippen LogP contribution in [0.5, 0.6) is 0 Å². The molecule has 2 fully saturated rings. The van der Waals surface area contributed by atoms with Crippen LogP contribution >= 0.6 is 0 Å². The Balaban J connectivity index is 1.66. The number of hydrogen-bond donors (Lipinski definition) is 0. The first-order valence-corrected chi connectivity index (χ1v) is 12.2. The highest BCUT2D eigenvalue weighted by Gasteiger charge is 2.16. The van der Waals surface area contributed by atoms with Crippen molar-refractivity contribution >= 4 is 9.52 Å². The fourth-order valence-electron chi connectivity index (χ4n) is 4.17. The first-order valence-electron chi connectivity index (χ1n) is 10.4. The molecule has 2 aliphatic rings. The van der Waals surface area contributed by atoms with Crippen molar-refractivity contribution in [3.63, 3.8) is 0 Å². The van der Waals surface area contributed by atoms with Crippen LogP contribution in [-0.2, 0) is 0 Å². The van der Waals surface area contributed by atoms with Gasteiger partial charge in [0.1, 0.15) is 0 Å². The van der Waals surface area contributed by atoms with Crippen molar-refractivity contribution in [1.29, 1.82) is 0 Å². The molecular weight excluding hydrogens is 296 g/mol. The molecule has 2 heterocycles. The van der Waals surface area contributed by atoms with Gasteiger partial charge in [0.25, 0.3) is 0 Å². The van der Waals surface area contributed by atoms with Gasteiger partial charge in [-0.05, 0) is 56.9 Å². The van der Waals surface area contributed by atoms with Crippen molar-refractivity contribution < 1.29 is 0 Å². The Morgan fingerprint density at radius 2 is 1.30 bits per heavy atom. The molecule has 0 bridgehead atoms. The Morgan fingerprint density at radius 1 is 0.826 bits per heavy atom. The lowest BCUT2D eigenvalue weighted by Gasteiger charge is -2.32. The molecule has 2 nitrogen and oxygen atoms in total. The monoisotopic (exact) mass is 336 g/mol. The van der Waals surface area contributed by atoms with Crippen molar-refractivity contribution in [2.45, 2.75) is 82.7 Å². The molecule has 1 atom stereocenters. The summed E-state index contributed by atoms with van der Waals surface area (Å²) in [6, 6.07) is 1.48. The highest BCUT2D eigenvalue weighted by molar-refractivity contribution is 6.38. The summed E-state index contributed by atoms with van der Waals surface area (Å²) in [5.74, 6) is 0. The van der Waals surface area contributed by atoms with Crippen molar-refractivity contribution in [3.8, 4) is 0 Å². The van der Waals surface area contributed by atoms with Gasteiger partial charge in [-0.15, -0.1) is 0 Å². The zero-order chi connectivity index (χ0) is 16.3. The molecule has 0 radical (unpaired) electrons. The lowest BCUT2D eigenvalue weighted by molar-refractivity contribution is 0.259. The van der Waals surface area contributed by atoms with E-state index in [2.05, 4.69) is 23.3 Å². The van der Waals surface area contributed by atoms with E-state index < -0.39 is 0 Å². The van der Waals surface area contributed by atoms with E-state index in [4.69, 9.17) is 0 Å². The molecule has 0 aromatic heterocycles. The number of likely N-dealkylation sites (tertiary alicyclic amines) is 2. The van der Waals surface area contributed by atoms with E-state index in [0.29, 0.717) is 0 Å². The Labute approximate surface area is 147 Å². The molecule has 0 spiro atoms. The van der Waals surface area contributed by atoms with E-state index in [9.17, 15) is 0 Å². The Bertz CT molecular complexity index is 316. The number of hydrogen-bond acceptors (Lipinski definition) is 2. The van der Waals surface area contributed by atoms with Gasteiger partial charge in [-0.1, -0.05) is 52.0 Å². The van der Waals surface area contributed by atoms with E-state index >= 15 is 0 Å². The molecular formula is C20H40N2Si. The highest BCUT2D eigenvalue weighted by atomic mass is 28.2. The predicted octanol–water partition coefficient (Wildman–Crippen LogP) is 4.43. The second kappa shape index (κ2) is 11.3. The molecule has 3 heteroatoms. The summed E-state index contributed by atoms with van der Waals surface area (Å²) < 4.78 is 0. The Morgan fingerprint density at radius 3 is 1.87 bits per heavy atom. The second-order valence-electron chi connectivity index (χ2n) is 7.90. The van der Waals surface area contributed by atoms with Crippen LogP contribution in [0.25, 0.3) is 0 Å². The van der Waals surface area contributed by atoms with Crippen molar-refractivity contribution in [1.82, 2.24) is 9.80 Å². The van der Waals surface area contributed by atoms with Gasteiger partial charge in [-0.25, -0.2) is 0 Å². The molecule has 0 aliphatic carbocycles. The maximum Gasteiger partial charge on any atom is 0.0315 e. The lowest BCUT2D eigenvalue weighted by Crippen LogP contribution is -2.31. The second-order valence-corrected chi connectivity index (χ2v) is 10.4. The molecule has 0 N–H and O–H groups in total. The fourth-order valence-corrected chi connectivity index (χ4v) is 6.00. The van der Waals surface area contributed by atoms with Crippen molar-refractivity contribution in [2.75, 3.05) is 32.7 Å². The summed E-state index contributed by atoms with van der Waals surface area (Å²) in [6.45, 7) is 13.6. The molecule has 0 saturated carbocycles. The number of allylic oxidation sites excluding steroid dienone is 1. The quantitative estimate of drug-likeness (QED) is 0.662. The summed E-state index contributed by atoms with van der Waals surface area (Å²) in [7, 11) is -0.0247. The molecule has 2 rings (SSSR count). The zero-order valence-electron chi connectivity index (χ0n) is 15.7. The Hall–Kier alpha value is -0.283. The molecule has 2 aliphatic heterocycles. The minimum atomic E-state index is -0.0247. The van der Waals surface area contributed by atoms with E-state index in [1.807, 2.05) is 0 Å². The lowest BCUT2D eigenvalue weighted by atomic mass is 10.1. The van der Waals surface area contributed by atoms with Gasteiger partial charge >= 0.3 is 0 Å². The number of nitrogens with zero attached hydrogens (tertiary/aromatic N) is 2. The molecule has 2 saturated heterocycles. The standard InChI is InChI=1S/C20H40N2Si/c1-19(22-15-11-7-4-8-12-16-22)20(2)23-18-17-21-13-9-5-3-6-10-14-21/h20H,1,3-18,23H2,2H3. The molecule has 0 aromatic rings. The smallest absolute Gasteiger partial charge is 0.0315 e. The van der Waals surface area contributed by atoms with Gasteiger partial charge in [0, 0.05) is 28.3 Å². The minimum Gasteiger partial charge on any atom is -0.375 e. The summed E-state index contributed by atoms with van der Waals surface area (Å²) in [6.07, 6.45) is 14.3. The molecule has 0 aromatic carbocycles. The normalized spacial score (nSPS) is 24.0. The zero-order valence-corrected chi connectivity index (χ0v) is 17.1. The third-order valence-corrected chi connectivity index (χ3v) is 7.95. The third kappa shape index (κ3) is 7.43. The maximum atomic E-state index is 4.49. The predicted molar refractivity (Wildman–Crippen MR) is 106 cm³/mol. The van der Waals surface area contributed by atoms with Gasteiger partial charge in [0.2, 0.25) is 0 Å². The van der Waals surface area contributed by atoms with E-state index in [1.54, 1.807) is 0 Å². The van der Waals surface area contributed by atoms with Crippen LogP contribution in [0.4, 0.5) is 0 Å². The van der Waals surface area contributed by atoms with Crippen LogP contribution in [0, 0.1) is 0 Å². The summed E-state index contributed by atoms with van der Waals surface area (Å²) in [4.78, 5) is 5.38. The fraction of sp³-hybridized carbons (Fsp3) is 0.900. The van der Waals surface area contributed by atoms with E-state index in [1.165, 1.54) is 109 Å². The van der Waals surface area contributed by atoms with Crippen LogP contribution < -0.4 is 0 Å².